The van der Waals surface area contributed by atoms with Crippen molar-refractivity contribution in [2.45, 2.75) is 90.5 Å². The maximum absolute atomic E-state index is 12.5. The van der Waals surface area contributed by atoms with Crippen molar-refractivity contribution in [3.63, 3.8) is 0 Å². The molecule has 1 N–H and O–H groups in total. The maximum Gasteiger partial charge on any atom is 0.224 e. The number of hydrogen-bond donors (Lipinski definition) is 1. The maximum atomic E-state index is 12.5. The van der Waals surface area contributed by atoms with E-state index in [-0.39, 0.29) is 5.91 Å². The van der Waals surface area contributed by atoms with Crippen LogP contribution in [0.25, 0.3) is 11.0 Å². The van der Waals surface area contributed by atoms with E-state index in [1.807, 2.05) is 18.2 Å². The molecule has 6 heteroatoms. The van der Waals surface area contributed by atoms with Crippen molar-refractivity contribution in [2.24, 2.45) is 0 Å². The molecule has 3 rings (SSSR count). The van der Waals surface area contributed by atoms with Crippen molar-refractivity contribution in [1.29, 1.82) is 0 Å². The van der Waals surface area contributed by atoms with E-state index in [0.29, 0.717) is 24.5 Å². The van der Waals surface area contributed by atoms with E-state index in [2.05, 4.69) is 41.1 Å². The highest BCUT2D eigenvalue weighted by molar-refractivity contribution is 5.78. The first-order chi connectivity index (χ1) is 18.2. The first-order valence-electron chi connectivity index (χ1n) is 14.1. The number of unbranched alkanes of at least 4 members (excludes halogenated alkanes) is 8. The van der Waals surface area contributed by atoms with Crippen LogP contribution >= 0.6 is 0 Å². The number of amides is 1. The summed E-state index contributed by atoms with van der Waals surface area (Å²) in [4.78, 5) is 17.4. The molecule has 0 aliphatic rings. The first kappa shape index (κ1) is 28.5. The number of hydrogen-bond acceptors (Lipinski definition) is 4. The van der Waals surface area contributed by atoms with Gasteiger partial charge >= 0.3 is 0 Å². The summed E-state index contributed by atoms with van der Waals surface area (Å²) in [7, 11) is 3.21. The Labute approximate surface area is 222 Å². The monoisotopic (exact) mass is 507 g/mol. The third-order valence-corrected chi connectivity index (χ3v) is 6.93. The van der Waals surface area contributed by atoms with Gasteiger partial charge in [-0.05, 0) is 42.7 Å². The predicted octanol–water partition coefficient (Wildman–Crippen LogP) is 6.88. The summed E-state index contributed by atoms with van der Waals surface area (Å²) in [5, 5.41) is 3.06. The molecule has 2 aromatic carbocycles. The zero-order chi connectivity index (χ0) is 26.3. The molecule has 0 unspecified atom stereocenters. The van der Waals surface area contributed by atoms with Crippen molar-refractivity contribution in [2.75, 3.05) is 20.8 Å². The van der Waals surface area contributed by atoms with E-state index in [1.165, 1.54) is 63.3 Å². The van der Waals surface area contributed by atoms with Crippen LogP contribution in [0.4, 0.5) is 0 Å². The number of para-hydroxylation sites is 2. The Balaban J connectivity index is 1.44. The Morgan fingerprint density at radius 1 is 0.865 bits per heavy atom. The van der Waals surface area contributed by atoms with Crippen molar-refractivity contribution in [3.8, 4) is 11.5 Å². The third-order valence-electron chi connectivity index (χ3n) is 6.93. The summed E-state index contributed by atoms with van der Waals surface area (Å²) in [6, 6.07) is 14.0. The van der Waals surface area contributed by atoms with Gasteiger partial charge in [-0.25, -0.2) is 4.98 Å². The van der Waals surface area contributed by atoms with Gasteiger partial charge in [0, 0.05) is 19.5 Å². The minimum absolute atomic E-state index is 0.00965. The topological polar surface area (TPSA) is 65.4 Å². The van der Waals surface area contributed by atoms with E-state index < -0.39 is 0 Å². The molecule has 0 spiro atoms. The van der Waals surface area contributed by atoms with Gasteiger partial charge in [-0.2, -0.15) is 0 Å². The Morgan fingerprint density at radius 2 is 1.57 bits per heavy atom. The molecular weight excluding hydrogens is 462 g/mol. The highest BCUT2D eigenvalue weighted by Gasteiger charge is 2.11. The number of rotatable bonds is 18. The molecule has 1 aromatic heterocycles. The largest absolute Gasteiger partial charge is 0.493 e. The van der Waals surface area contributed by atoms with E-state index in [9.17, 15) is 4.79 Å². The number of ether oxygens (including phenoxy) is 2. The fourth-order valence-electron chi connectivity index (χ4n) is 4.86. The average molecular weight is 508 g/mol. The minimum Gasteiger partial charge on any atom is -0.493 e. The van der Waals surface area contributed by atoms with Crippen LogP contribution in [0.1, 0.15) is 82.5 Å². The summed E-state index contributed by atoms with van der Waals surface area (Å²) >= 11 is 0. The summed E-state index contributed by atoms with van der Waals surface area (Å²) in [5.74, 6) is 2.43. The van der Waals surface area contributed by atoms with Crippen molar-refractivity contribution in [1.82, 2.24) is 14.9 Å². The van der Waals surface area contributed by atoms with E-state index in [0.717, 1.165) is 36.3 Å². The smallest absolute Gasteiger partial charge is 0.224 e. The molecule has 0 saturated heterocycles. The second kappa shape index (κ2) is 16.0. The summed E-state index contributed by atoms with van der Waals surface area (Å²) < 4.78 is 13.0. The van der Waals surface area contributed by atoms with Crippen LogP contribution in [0.5, 0.6) is 11.5 Å². The zero-order valence-corrected chi connectivity index (χ0v) is 23.1. The number of carbonyl (C=O) groups is 1. The van der Waals surface area contributed by atoms with Crippen LogP contribution < -0.4 is 14.8 Å². The third kappa shape index (κ3) is 9.10. The SMILES string of the molecule is CCCCCCCCCCCn1c(CCCNC(=O)Cc2ccc(OC)c(OC)c2)nc2ccccc21. The molecule has 1 heterocycles. The van der Waals surface area contributed by atoms with Gasteiger partial charge in [0.1, 0.15) is 5.82 Å². The summed E-state index contributed by atoms with van der Waals surface area (Å²) in [6.45, 7) is 3.91. The summed E-state index contributed by atoms with van der Waals surface area (Å²) in [5.41, 5.74) is 3.18. The Hall–Kier alpha value is -3.02. The number of aryl methyl sites for hydroxylation is 2. The van der Waals surface area contributed by atoms with Gasteiger partial charge in [-0.3, -0.25) is 4.79 Å². The lowest BCUT2D eigenvalue weighted by Crippen LogP contribution is -2.26. The molecule has 0 radical (unpaired) electrons. The number of benzene rings is 2. The zero-order valence-electron chi connectivity index (χ0n) is 23.1. The number of fused-ring (bicyclic) bond motifs is 1. The van der Waals surface area contributed by atoms with Gasteiger partial charge in [0.25, 0.3) is 0 Å². The Kier molecular flexibility index (Phi) is 12.3. The molecular formula is C31H45N3O3. The fourth-order valence-corrected chi connectivity index (χ4v) is 4.86. The van der Waals surface area contributed by atoms with Gasteiger partial charge in [0.15, 0.2) is 11.5 Å². The molecule has 0 aliphatic heterocycles. The van der Waals surface area contributed by atoms with Crippen LogP contribution in [0.2, 0.25) is 0 Å². The number of aromatic nitrogens is 2. The second-order valence-electron chi connectivity index (χ2n) is 9.82. The van der Waals surface area contributed by atoms with Crippen LogP contribution in [-0.2, 0) is 24.2 Å². The number of nitrogens with zero attached hydrogens (tertiary/aromatic N) is 2. The van der Waals surface area contributed by atoms with Gasteiger partial charge in [-0.15, -0.1) is 0 Å². The van der Waals surface area contributed by atoms with E-state index in [1.54, 1.807) is 14.2 Å². The van der Waals surface area contributed by atoms with E-state index >= 15 is 0 Å². The molecule has 37 heavy (non-hydrogen) atoms. The van der Waals surface area contributed by atoms with Gasteiger partial charge in [-0.1, -0.05) is 76.5 Å². The normalized spacial score (nSPS) is 11.1. The highest BCUT2D eigenvalue weighted by atomic mass is 16.5. The Morgan fingerprint density at radius 3 is 2.30 bits per heavy atom. The highest BCUT2D eigenvalue weighted by Crippen LogP contribution is 2.27. The van der Waals surface area contributed by atoms with Gasteiger partial charge in [0.2, 0.25) is 5.91 Å². The lowest BCUT2D eigenvalue weighted by molar-refractivity contribution is -0.120. The predicted molar refractivity (Wildman–Crippen MR) is 152 cm³/mol. The fraction of sp³-hybridized carbons (Fsp3) is 0.548. The number of imidazole rings is 1. The molecule has 0 saturated carbocycles. The number of carbonyl (C=O) groups excluding carboxylic acids is 1. The summed E-state index contributed by atoms with van der Waals surface area (Å²) in [6.07, 6.45) is 14.0. The minimum atomic E-state index is 0.00965. The molecule has 3 aromatic rings. The molecule has 6 nitrogen and oxygen atoms in total. The standard InChI is InChI=1S/C31H45N3O3/c1-4-5-6-7-8-9-10-11-14-22-34-27-17-13-12-16-26(27)33-30(34)18-15-21-32-31(35)24-25-19-20-28(36-2)29(23-25)37-3/h12-13,16-17,19-20,23H,4-11,14-15,18,21-22,24H2,1-3H3,(H,32,35). The first-order valence-corrected chi connectivity index (χ1v) is 14.1. The van der Waals surface area contributed by atoms with Crippen LogP contribution in [0.15, 0.2) is 42.5 Å². The van der Waals surface area contributed by atoms with Crippen LogP contribution in [0, 0.1) is 0 Å². The van der Waals surface area contributed by atoms with Crippen molar-refractivity contribution < 1.29 is 14.3 Å². The molecule has 1 amide bonds. The molecule has 0 atom stereocenters. The molecule has 0 aliphatic carbocycles. The lowest BCUT2D eigenvalue weighted by Gasteiger charge is -2.11. The van der Waals surface area contributed by atoms with Crippen LogP contribution in [-0.4, -0.2) is 36.2 Å². The van der Waals surface area contributed by atoms with E-state index in [4.69, 9.17) is 14.5 Å². The quantitative estimate of drug-likeness (QED) is 0.191. The molecule has 202 valence electrons. The Bertz CT molecular complexity index is 1090. The second-order valence-corrected chi connectivity index (χ2v) is 9.82. The average Bonchev–Trinajstić information content (AvgIpc) is 3.27. The van der Waals surface area contributed by atoms with Crippen LogP contribution in [0.3, 0.4) is 0 Å². The molecule has 0 fully saturated rings. The lowest BCUT2D eigenvalue weighted by atomic mass is 10.1. The number of methoxy groups -OCH3 is 2. The van der Waals surface area contributed by atoms with Crippen molar-refractivity contribution in [3.05, 3.63) is 53.9 Å². The number of nitrogens with one attached hydrogen (secondary N) is 1. The van der Waals surface area contributed by atoms with Crippen molar-refractivity contribution >= 4 is 16.9 Å². The van der Waals surface area contributed by atoms with Gasteiger partial charge in [0.05, 0.1) is 31.7 Å². The molecule has 0 bridgehead atoms. The van der Waals surface area contributed by atoms with Gasteiger partial charge < -0.3 is 19.4 Å².